The van der Waals surface area contributed by atoms with E-state index in [4.69, 9.17) is 0 Å². The van der Waals surface area contributed by atoms with Gasteiger partial charge >= 0.3 is 0 Å². The number of halogens is 1. The van der Waals surface area contributed by atoms with Gasteiger partial charge in [0, 0.05) is 16.1 Å². The van der Waals surface area contributed by atoms with Crippen molar-refractivity contribution in [3.63, 3.8) is 0 Å². The maximum atomic E-state index is 12.2. The van der Waals surface area contributed by atoms with Gasteiger partial charge in [-0.05, 0) is 51.8 Å². The minimum atomic E-state index is -0.227. The summed E-state index contributed by atoms with van der Waals surface area (Å²) in [7, 11) is 0. The quantitative estimate of drug-likeness (QED) is 0.826. The third-order valence-electron chi connectivity index (χ3n) is 3.59. The predicted octanol–water partition coefficient (Wildman–Crippen LogP) is 3.79. The van der Waals surface area contributed by atoms with E-state index in [1.165, 1.54) is 0 Å². The topological polar surface area (TPSA) is 41.1 Å². The van der Waals surface area contributed by atoms with Gasteiger partial charge in [0.15, 0.2) is 0 Å². The summed E-state index contributed by atoms with van der Waals surface area (Å²) in [6.45, 7) is 10.1. The molecule has 20 heavy (non-hydrogen) atoms. The van der Waals surface area contributed by atoms with Crippen LogP contribution in [0.2, 0.25) is 0 Å². The molecule has 0 bridgehead atoms. The Morgan fingerprint density at radius 2 is 2.00 bits per heavy atom. The molecule has 1 rings (SSSR count). The zero-order valence-corrected chi connectivity index (χ0v) is 14.5. The molecule has 1 aromatic carbocycles. The maximum absolute atomic E-state index is 12.2. The lowest BCUT2D eigenvalue weighted by Gasteiger charge is -2.28. The van der Waals surface area contributed by atoms with Crippen molar-refractivity contribution in [3.8, 4) is 0 Å². The van der Waals surface area contributed by atoms with Crippen LogP contribution in [0.15, 0.2) is 28.7 Å². The molecule has 0 aliphatic rings. The van der Waals surface area contributed by atoms with E-state index in [1.54, 1.807) is 0 Å². The van der Waals surface area contributed by atoms with Crippen molar-refractivity contribution in [2.75, 3.05) is 0 Å². The fraction of sp³-hybridized carbons (Fsp3) is 0.562. The monoisotopic (exact) mass is 340 g/mol. The maximum Gasteiger partial charge on any atom is 0.237 e. The highest BCUT2D eigenvalue weighted by Crippen LogP contribution is 2.18. The van der Waals surface area contributed by atoms with E-state index < -0.39 is 0 Å². The Hall–Kier alpha value is -0.870. The molecule has 2 N–H and O–H groups in total. The predicted molar refractivity (Wildman–Crippen MR) is 87.7 cm³/mol. The van der Waals surface area contributed by atoms with Gasteiger partial charge in [0.2, 0.25) is 5.91 Å². The highest BCUT2D eigenvalue weighted by Gasteiger charge is 2.22. The summed E-state index contributed by atoms with van der Waals surface area (Å²) in [6, 6.07) is 8.02. The smallest absolute Gasteiger partial charge is 0.237 e. The van der Waals surface area contributed by atoms with E-state index >= 15 is 0 Å². The van der Waals surface area contributed by atoms with Gasteiger partial charge in [-0.15, -0.1) is 0 Å². The van der Waals surface area contributed by atoms with Gasteiger partial charge in [-0.25, -0.2) is 0 Å². The van der Waals surface area contributed by atoms with Crippen LogP contribution in [0.5, 0.6) is 0 Å². The first kappa shape index (κ1) is 17.2. The molecule has 1 aromatic rings. The van der Waals surface area contributed by atoms with Crippen LogP contribution in [0.1, 0.15) is 52.6 Å². The molecule has 4 heteroatoms. The van der Waals surface area contributed by atoms with E-state index in [0.717, 1.165) is 16.5 Å². The molecule has 0 saturated carbocycles. The van der Waals surface area contributed by atoms with Gasteiger partial charge in [-0.3, -0.25) is 10.1 Å². The molecule has 0 aliphatic heterocycles. The van der Waals surface area contributed by atoms with Crippen LogP contribution in [0.3, 0.4) is 0 Å². The number of carbonyl (C=O) groups excluding carboxylic acids is 1. The van der Waals surface area contributed by atoms with E-state index in [9.17, 15) is 4.79 Å². The Morgan fingerprint density at radius 3 is 2.55 bits per heavy atom. The van der Waals surface area contributed by atoms with Crippen molar-refractivity contribution in [3.05, 3.63) is 34.3 Å². The van der Waals surface area contributed by atoms with Gasteiger partial charge in [0.1, 0.15) is 0 Å². The summed E-state index contributed by atoms with van der Waals surface area (Å²) in [5.41, 5.74) is 1.00. The molecule has 0 fully saturated rings. The molecule has 0 saturated heterocycles. The van der Waals surface area contributed by atoms with E-state index in [1.807, 2.05) is 32.9 Å². The zero-order valence-electron chi connectivity index (χ0n) is 13.0. The Kier molecular flexibility index (Phi) is 6.21. The minimum absolute atomic E-state index is 0.0405. The van der Waals surface area contributed by atoms with Crippen LogP contribution in [0.4, 0.5) is 0 Å². The number of carbonyl (C=O) groups is 1. The molecule has 1 unspecified atom stereocenters. The van der Waals surface area contributed by atoms with Gasteiger partial charge in [-0.1, -0.05) is 35.0 Å². The summed E-state index contributed by atoms with van der Waals surface area (Å²) >= 11 is 3.47. The van der Waals surface area contributed by atoms with Crippen molar-refractivity contribution < 1.29 is 4.79 Å². The molecule has 3 nitrogen and oxygen atoms in total. The third-order valence-corrected chi connectivity index (χ3v) is 4.08. The first-order chi connectivity index (χ1) is 9.25. The number of amides is 1. The van der Waals surface area contributed by atoms with Crippen LogP contribution in [0, 0.1) is 0 Å². The number of hydrogen-bond donors (Lipinski definition) is 2. The van der Waals surface area contributed by atoms with E-state index in [2.05, 4.69) is 52.5 Å². The molecule has 0 spiro atoms. The van der Waals surface area contributed by atoms with Crippen LogP contribution >= 0.6 is 15.9 Å². The first-order valence-corrected chi connectivity index (χ1v) is 7.88. The second kappa shape index (κ2) is 7.23. The lowest BCUT2D eigenvalue weighted by atomic mass is 10.0. The van der Waals surface area contributed by atoms with Crippen molar-refractivity contribution in [1.29, 1.82) is 0 Å². The zero-order chi connectivity index (χ0) is 15.3. The van der Waals surface area contributed by atoms with Crippen molar-refractivity contribution >= 4 is 21.8 Å². The van der Waals surface area contributed by atoms with Crippen molar-refractivity contribution in [1.82, 2.24) is 10.6 Å². The Bertz CT molecular complexity index is 460. The van der Waals surface area contributed by atoms with Gasteiger partial charge < -0.3 is 5.32 Å². The first-order valence-electron chi connectivity index (χ1n) is 7.08. The standard InChI is InChI=1S/C16H25BrN2O/c1-6-16(4,5)19-15(20)12(3)18-11(2)13-8-7-9-14(17)10-13/h7-12,18H,6H2,1-5H3,(H,19,20)/t11-,12?/m0/s1. The molecular weight excluding hydrogens is 316 g/mol. The van der Waals surface area contributed by atoms with Gasteiger partial charge in [0.25, 0.3) is 0 Å². The van der Waals surface area contributed by atoms with Crippen LogP contribution < -0.4 is 10.6 Å². The second-order valence-corrected chi connectivity index (χ2v) is 6.81. The third kappa shape index (κ3) is 5.25. The number of benzene rings is 1. The molecule has 112 valence electrons. The largest absolute Gasteiger partial charge is 0.350 e. The summed E-state index contributed by atoms with van der Waals surface area (Å²) in [6.07, 6.45) is 0.909. The normalized spacial score (nSPS) is 14.7. The molecule has 2 atom stereocenters. The molecule has 0 aliphatic carbocycles. The van der Waals surface area contributed by atoms with Gasteiger partial charge in [0.05, 0.1) is 6.04 Å². The summed E-state index contributed by atoms with van der Waals surface area (Å²) in [4.78, 5) is 12.2. The number of hydrogen-bond acceptors (Lipinski definition) is 2. The Morgan fingerprint density at radius 1 is 1.35 bits per heavy atom. The van der Waals surface area contributed by atoms with Crippen molar-refractivity contribution in [2.45, 2.75) is 58.7 Å². The lowest BCUT2D eigenvalue weighted by molar-refractivity contribution is -0.124. The van der Waals surface area contributed by atoms with Gasteiger partial charge in [-0.2, -0.15) is 0 Å². The van der Waals surface area contributed by atoms with Crippen LogP contribution in [-0.4, -0.2) is 17.5 Å². The Labute approximate surface area is 130 Å². The van der Waals surface area contributed by atoms with E-state index in [0.29, 0.717) is 0 Å². The molecule has 0 heterocycles. The van der Waals surface area contributed by atoms with E-state index in [-0.39, 0.29) is 23.5 Å². The number of nitrogens with one attached hydrogen (secondary N) is 2. The highest BCUT2D eigenvalue weighted by molar-refractivity contribution is 9.10. The summed E-state index contributed by atoms with van der Waals surface area (Å²) in [5.74, 6) is 0.0405. The van der Waals surface area contributed by atoms with Crippen LogP contribution in [0.25, 0.3) is 0 Å². The minimum Gasteiger partial charge on any atom is -0.350 e. The molecule has 0 radical (unpaired) electrons. The molecule has 0 aromatic heterocycles. The molecule has 1 amide bonds. The SMILES string of the molecule is CCC(C)(C)NC(=O)C(C)N[C@@H](C)c1cccc(Br)c1. The lowest BCUT2D eigenvalue weighted by Crippen LogP contribution is -2.51. The Balaban J connectivity index is 2.61. The van der Waals surface area contributed by atoms with Crippen molar-refractivity contribution in [2.24, 2.45) is 0 Å². The fourth-order valence-electron chi connectivity index (χ4n) is 1.85. The average molecular weight is 341 g/mol. The highest BCUT2D eigenvalue weighted by atomic mass is 79.9. The fourth-order valence-corrected chi connectivity index (χ4v) is 2.27. The number of rotatable bonds is 6. The summed E-state index contributed by atoms with van der Waals surface area (Å²) in [5, 5.41) is 6.40. The molecular formula is C16H25BrN2O. The summed E-state index contributed by atoms with van der Waals surface area (Å²) < 4.78 is 1.05. The van der Waals surface area contributed by atoms with Crippen LogP contribution in [-0.2, 0) is 4.79 Å². The average Bonchev–Trinajstić information content (AvgIpc) is 2.38. The second-order valence-electron chi connectivity index (χ2n) is 5.89.